The largest absolute Gasteiger partial charge is 0.354 e. The van der Waals surface area contributed by atoms with Crippen LogP contribution in [0.3, 0.4) is 0 Å². The van der Waals surface area contributed by atoms with Crippen LogP contribution in [0.4, 0.5) is 5.95 Å². The van der Waals surface area contributed by atoms with Crippen molar-refractivity contribution in [2.24, 2.45) is 0 Å². The van der Waals surface area contributed by atoms with Crippen LogP contribution in [0.15, 0.2) is 17.6 Å². The Bertz CT molecular complexity index is 685. The molecule has 0 aliphatic carbocycles. The van der Waals surface area contributed by atoms with Gasteiger partial charge in [-0.25, -0.2) is 4.98 Å². The molecule has 0 atom stereocenters. The van der Waals surface area contributed by atoms with Gasteiger partial charge in [0.15, 0.2) is 5.65 Å². The first-order valence-electron chi connectivity index (χ1n) is 5.79. The van der Waals surface area contributed by atoms with Crippen LogP contribution in [0, 0.1) is 6.92 Å². The van der Waals surface area contributed by atoms with Gasteiger partial charge in [0, 0.05) is 6.54 Å². The van der Waals surface area contributed by atoms with E-state index in [0.717, 1.165) is 23.3 Å². The van der Waals surface area contributed by atoms with Crippen molar-refractivity contribution in [3.05, 3.63) is 23.2 Å². The number of aromatic nitrogens is 4. The fourth-order valence-corrected chi connectivity index (χ4v) is 2.79. The molecule has 3 aromatic heterocycles. The fourth-order valence-electron chi connectivity index (χ4n) is 1.86. The van der Waals surface area contributed by atoms with Gasteiger partial charge in [0.05, 0.1) is 22.2 Å². The van der Waals surface area contributed by atoms with Gasteiger partial charge in [-0.05, 0) is 30.9 Å². The first-order valence-corrected chi connectivity index (χ1v) is 6.67. The van der Waals surface area contributed by atoms with Crippen molar-refractivity contribution in [2.75, 3.05) is 11.9 Å². The molecule has 0 amide bonds. The normalized spacial score (nSPS) is 11.0. The smallest absolute Gasteiger partial charge is 0.225 e. The Morgan fingerprint density at radius 3 is 3.00 bits per heavy atom. The minimum absolute atomic E-state index is 0.636. The molecule has 5 nitrogen and oxygen atoms in total. The lowest BCUT2D eigenvalue weighted by Crippen LogP contribution is -2.03. The third-order valence-corrected chi connectivity index (χ3v) is 3.75. The number of anilines is 1. The van der Waals surface area contributed by atoms with Crippen LogP contribution in [-0.4, -0.2) is 26.7 Å². The summed E-state index contributed by atoms with van der Waals surface area (Å²) in [5, 5.41) is 13.1. The molecular formula is C12H13N5S. The quantitative estimate of drug-likeness (QED) is 0.759. The maximum atomic E-state index is 4.59. The van der Waals surface area contributed by atoms with E-state index in [1.54, 1.807) is 17.5 Å². The minimum atomic E-state index is 0.636. The van der Waals surface area contributed by atoms with E-state index in [9.17, 15) is 0 Å². The lowest BCUT2D eigenvalue weighted by atomic mass is 10.2. The monoisotopic (exact) mass is 259 g/mol. The highest BCUT2D eigenvalue weighted by molar-refractivity contribution is 7.13. The number of H-pyrrole nitrogens is 1. The van der Waals surface area contributed by atoms with Crippen LogP contribution < -0.4 is 5.32 Å². The molecule has 6 heteroatoms. The Morgan fingerprint density at radius 2 is 2.28 bits per heavy atom. The van der Waals surface area contributed by atoms with Crippen LogP contribution in [0.25, 0.3) is 21.6 Å². The number of fused-ring (bicyclic) bond motifs is 1. The standard InChI is InChI=1S/C12H13N5S/c1-3-13-12-15-9(10-7(2)4-5-18-10)8-6-14-17-11(8)16-12/h4-6H,3H2,1-2H3,(H2,13,14,15,16,17). The van der Waals surface area contributed by atoms with Crippen molar-refractivity contribution >= 4 is 28.3 Å². The molecule has 0 bridgehead atoms. The van der Waals surface area contributed by atoms with E-state index < -0.39 is 0 Å². The average Bonchev–Trinajstić information content (AvgIpc) is 2.97. The van der Waals surface area contributed by atoms with Crippen molar-refractivity contribution in [1.29, 1.82) is 0 Å². The maximum absolute atomic E-state index is 4.59. The van der Waals surface area contributed by atoms with E-state index in [1.165, 1.54) is 10.4 Å². The predicted octanol–water partition coefficient (Wildman–Crippen LogP) is 2.82. The van der Waals surface area contributed by atoms with Gasteiger partial charge in [0.2, 0.25) is 5.95 Å². The van der Waals surface area contributed by atoms with Gasteiger partial charge in [-0.15, -0.1) is 11.3 Å². The molecule has 3 heterocycles. The number of nitrogens with zero attached hydrogens (tertiary/aromatic N) is 3. The molecular weight excluding hydrogens is 246 g/mol. The van der Waals surface area contributed by atoms with Crippen LogP contribution in [0.5, 0.6) is 0 Å². The van der Waals surface area contributed by atoms with Crippen molar-refractivity contribution < 1.29 is 0 Å². The summed E-state index contributed by atoms with van der Waals surface area (Å²) in [5.41, 5.74) is 2.93. The molecule has 0 saturated carbocycles. The first kappa shape index (κ1) is 11.2. The summed E-state index contributed by atoms with van der Waals surface area (Å²) in [4.78, 5) is 10.2. The highest BCUT2D eigenvalue weighted by Crippen LogP contribution is 2.32. The molecule has 0 saturated heterocycles. The molecule has 2 N–H and O–H groups in total. The third kappa shape index (κ3) is 1.74. The number of aromatic amines is 1. The second kappa shape index (κ2) is 4.38. The molecule has 0 aliphatic heterocycles. The van der Waals surface area contributed by atoms with E-state index in [-0.39, 0.29) is 0 Å². The number of thiophene rings is 1. The summed E-state index contributed by atoms with van der Waals surface area (Å²) < 4.78 is 0. The van der Waals surface area contributed by atoms with Gasteiger partial charge >= 0.3 is 0 Å². The topological polar surface area (TPSA) is 66.5 Å². The van der Waals surface area contributed by atoms with E-state index in [1.807, 2.05) is 6.92 Å². The molecule has 0 aromatic carbocycles. The number of rotatable bonds is 3. The lowest BCUT2D eigenvalue weighted by molar-refractivity contribution is 1.07. The van der Waals surface area contributed by atoms with Gasteiger partial charge in [-0.2, -0.15) is 10.1 Å². The zero-order valence-corrected chi connectivity index (χ0v) is 11.0. The van der Waals surface area contributed by atoms with E-state index in [4.69, 9.17) is 0 Å². The Morgan fingerprint density at radius 1 is 1.39 bits per heavy atom. The van der Waals surface area contributed by atoms with Gasteiger partial charge in [0.25, 0.3) is 0 Å². The van der Waals surface area contributed by atoms with Gasteiger partial charge < -0.3 is 5.32 Å². The summed E-state index contributed by atoms with van der Waals surface area (Å²) in [6, 6.07) is 2.10. The van der Waals surface area contributed by atoms with Gasteiger partial charge in [-0.3, -0.25) is 5.10 Å². The number of nitrogens with one attached hydrogen (secondary N) is 2. The Labute approximate surface area is 108 Å². The third-order valence-electron chi connectivity index (χ3n) is 2.72. The van der Waals surface area contributed by atoms with Crippen LogP contribution in [0.2, 0.25) is 0 Å². The molecule has 0 radical (unpaired) electrons. The van der Waals surface area contributed by atoms with Crippen molar-refractivity contribution in [1.82, 2.24) is 20.2 Å². The summed E-state index contributed by atoms with van der Waals surface area (Å²) in [6.07, 6.45) is 1.78. The SMILES string of the molecule is CCNc1nc(-c2sccc2C)c2cn[nH]c2n1. The van der Waals surface area contributed by atoms with Crippen LogP contribution in [0.1, 0.15) is 12.5 Å². The Balaban J connectivity index is 2.26. The first-order chi connectivity index (χ1) is 8.79. The molecule has 0 spiro atoms. The number of hydrogen-bond donors (Lipinski definition) is 2. The van der Waals surface area contributed by atoms with E-state index >= 15 is 0 Å². The van der Waals surface area contributed by atoms with Crippen molar-refractivity contribution in [3.63, 3.8) is 0 Å². The molecule has 3 rings (SSSR count). The molecule has 0 fully saturated rings. The van der Waals surface area contributed by atoms with Gasteiger partial charge in [-0.1, -0.05) is 0 Å². The summed E-state index contributed by atoms with van der Waals surface area (Å²) in [5.74, 6) is 0.636. The van der Waals surface area contributed by atoms with Crippen molar-refractivity contribution in [3.8, 4) is 10.6 Å². The summed E-state index contributed by atoms with van der Waals surface area (Å²) in [7, 11) is 0. The highest BCUT2D eigenvalue weighted by Gasteiger charge is 2.13. The van der Waals surface area contributed by atoms with E-state index in [2.05, 4.69) is 43.9 Å². The molecule has 3 aromatic rings. The molecule has 0 aliphatic rings. The predicted molar refractivity (Wildman–Crippen MR) is 73.9 cm³/mol. The summed E-state index contributed by atoms with van der Waals surface area (Å²) in [6.45, 7) is 4.91. The van der Waals surface area contributed by atoms with Crippen molar-refractivity contribution in [2.45, 2.75) is 13.8 Å². The van der Waals surface area contributed by atoms with Crippen LogP contribution in [-0.2, 0) is 0 Å². The Hall–Kier alpha value is -1.95. The zero-order chi connectivity index (χ0) is 12.5. The average molecular weight is 259 g/mol. The second-order valence-corrected chi connectivity index (χ2v) is 4.91. The molecule has 18 heavy (non-hydrogen) atoms. The fraction of sp³-hybridized carbons (Fsp3) is 0.250. The maximum Gasteiger partial charge on any atom is 0.225 e. The second-order valence-electron chi connectivity index (χ2n) is 3.99. The molecule has 92 valence electrons. The van der Waals surface area contributed by atoms with Gasteiger partial charge in [0.1, 0.15) is 0 Å². The minimum Gasteiger partial charge on any atom is -0.354 e. The highest BCUT2D eigenvalue weighted by atomic mass is 32.1. The Kier molecular flexibility index (Phi) is 2.71. The number of aryl methyl sites for hydroxylation is 1. The van der Waals surface area contributed by atoms with E-state index in [0.29, 0.717) is 5.95 Å². The lowest BCUT2D eigenvalue weighted by Gasteiger charge is -2.05. The number of hydrogen-bond acceptors (Lipinski definition) is 5. The van der Waals surface area contributed by atoms with Crippen LogP contribution >= 0.6 is 11.3 Å². The summed E-state index contributed by atoms with van der Waals surface area (Å²) >= 11 is 1.69. The molecule has 0 unspecified atom stereocenters. The zero-order valence-electron chi connectivity index (χ0n) is 10.2.